The number of benzene rings is 1. The number of hydrogen-bond donors (Lipinski definition) is 1. The molecule has 1 amide bonds. The van der Waals surface area contributed by atoms with Gasteiger partial charge in [-0.3, -0.25) is 4.79 Å². The van der Waals surface area contributed by atoms with E-state index in [0.717, 1.165) is 18.5 Å². The number of nitrogens with zero attached hydrogens (tertiary/aromatic N) is 1. The highest BCUT2D eigenvalue weighted by Crippen LogP contribution is 2.23. The van der Waals surface area contributed by atoms with Gasteiger partial charge in [0.1, 0.15) is 0 Å². The Balaban J connectivity index is 2.25. The molecule has 0 fully saturated rings. The van der Waals surface area contributed by atoms with Gasteiger partial charge < -0.3 is 10.2 Å². The zero-order valence-electron chi connectivity index (χ0n) is 10.1. The van der Waals surface area contributed by atoms with E-state index >= 15 is 0 Å². The van der Waals surface area contributed by atoms with Crippen molar-refractivity contribution in [2.24, 2.45) is 0 Å². The molecule has 0 spiro atoms. The van der Waals surface area contributed by atoms with Crippen LogP contribution in [-0.4, -0.2) is 30.4 Å². The summed E-state index contributed by atoms with van der Waals surface area (Å²) in [4.78, 5) is 13.9. The minimum atomic E-state index is 0.102. The van der Waals surface area contributed by atoms with Gasteiger partial charge >= 0.3 is 0 Å². The minimum absolute atomic E-state index is 0.102. The number of fused-ring (bicyclic) bond motifs is 1. The Kier molecular flexibility index (Phi) is 2.86. The fourth-order valence-corrected chi connectivity index (χ4v) is 1.88. The predicted molar refractivity (Wildman–Crippen MR) is 65.9 cm³/mol. The highest BCUT2D eigenvalue weighted by Gasteiger charge is 2.17. The maximum Gasteiger partial charge on any atom is 0.253 e. The number of amides is 1. The van der Waals surface area contributed by atoms with Crippen LogP contribution in [0.3, 0.4) is 0 Å². The van der Waals surface area contributed by atoms with Gasteiger partial charge in [-0.25, -0.2) is 0 Å². The normalized spacial score (nSPS) is 13.5. The Hall–Kier alpha value is -1.51. The van der Waals surface area contributed by atoms with Gasteiger partial charge in [-0.15, -0.1) is 0 Å². The molecule has 16 heavy (non-hydrogen) atoms. The second-order valence-electron chi connectivity index (χ2n) is 4.56. The zero-order chi connectivity index (χ0) is 11.7. The van der Waals surface area contributed by atoms with Gasteiger partial charge in [-0.1, -0.05) is 0 Å². The van der Waals surface area contributed by atoms with E-state index in [1.165, 1.54) is 11.3 Å². The van der Waals surface area contributed by atoms with E-state index < -0.39 is 0 Å². The summed E-state index contributed by atoms with van der Waals surface area (Å²) in [6, 6.07) is 6.15. The largest absolute Gasteiger partial charge is 0.384 e. The third-order valence-electron chi connectivity index (χ3n) is 3.16. The molecule has 3 nitrogen and oxygen atoms in total. The molecule has 0 aliphatic carbocycles. The summed E-state index contributed by atoms with van der Waals surface area (Å²) >= 11 is 0. The van der Waals surface area contributed by atoms with Crippen LogP contribution in [0.1, 0.15) is 29.8 Å². The summed E-state index contributed by atoms with van der Waals surface area (Å²) in [5.74, 6) is 0.102. The Morgan fingerprint density at radius 1 is 1.44 bits per heavy atom. The fraction of sp³-hybridized carbons (Fsp3) is 0.462. The average molecular weight is 218 g/mol. The van der Waals surface area contributed by atoms with Crippen LogP contribution in [0.15, 0.2) is 18.2 Å². The molecule has 2 rings (SSSR count). The number of carbonyl (C=O) groups excluding carboxylic acids is 1. The molecule has 86 valence electrons. The third kappa shape index (κ3) is 1.90. The Morgan fingerprint density at radius 2 is 2.19 bits per heavy atom. The first-order chi connectivity index (χ1) is 7.59. The molecule has 1 aliphatic heterocycles. The SMILES string of the molecule is CC(C)N(C)C(=O)c1ccc2c(c1)CCN2. The molecule has 0 radical (unpaired) electrons. The van der Waals surface area contributed by atoms with E-state index in [4.69, 9.17) is 0 Å². The van der Waals surface area contributed by atoms with Crippen LogP contribution in [0.4, 0.5) is 5.69 Å². The standard InChI is InChI=1S/C13H18N2O/c1-9(2)15(3)13(16)11-4-5-12-10(8-11)6-7-14-12/h4-5,8-9,14H,6-7H2,1-3H3. The van der Waals surface area contributed by atoms with Crippen LogP contribution in [0.2, 0.25) is 0 Å². The molecule has 1 aromatic rings. The summed E-state index contributed by atoms with van der Waals surface area (Å²) in [6.45, 7) is 5.02. The van der Waals surface area contributed by atoms with Crippen LogP contribution < -0.4 is 5.32 Å². The summed E-state index contributed by atoms with van der Waals surface area (Å²) in [5, 5.41) is 3.29. The fourth-order valence-electron chi connectivity index (χ4n) is 1.88. The van der Waals surface area contributed by atoms with Crippen molar-refractivity contribution < 1.29 is 4.79 Å². The summed E-state index contributed by atoms with van der Waals surface area (Å²) in [7, 11) is 1.85. The van der Waals surface area contributed by atoms with Gasteiger partial charge in [-0.05, 0) is 44.0 Å². The predicted octanol–water partition coefficient (Wildman–Crippen LogP) is 2.14. The van der Waals surface area contributed by atoms with Gasteiger partial charge in [0, 0.05) is 30.9 Å². The number of hydrogen-bond acceptors (Lipinski definition) is 2. The Bertz CT molecular complexity index is 412. The molecule has 0 bridgehead atoms. The van der Waals surface area contributed by atoms with Crippen LogP contribution in [0, 0.1) is 0 Å². The first kappa shape index (κ1) is 11.0. The molecule has 0 unspecified atom stereocenters. The van der Waals surface area contributed by atoms with Gasteiger partial charge in [0.25, 0.3) is 5.91 Å². The lowest BCUT2D eigenvalue weighted by atomic mass is 10.1. The van der Waals surface area contributed by atoms with Gasteiger partial charge in [-0.2, -0.15) is 0 Å². The van der Waals surface area contributed by atoms with Crippen molar-refractivity contribution in [3.05, 3.63) is 29.3 Å². The Labute approximate surface area is 96.5 Å². The van der Waals surface area contributed by atoms with Crippen molar-refractivity contribution in [3.63, 3.8) is 0 Å². The van der Waals surface area contributed by atoms with E-state index in [0.29, 0.717) is 0 Å². The molecular weight excluding hydrogens is 200 g/mol. The van der Waals surface area contributed by atoms with Crippen LogP contribution >= 0.6 is 0 Å². The third-order valence-corrected chi connectivity index (χ3v) is 3.16. The van der Waals surface area contributed by atoms with Crippen molar-refractivity contribution in [2.75, 3.05) is 18.9 Å². The summed E-state index contributed by atoms with van der Waals surface area (Å²) < 4.78 is 0. The van der Waals surface area contributed by atoms with Crippen molar-refractivity contribution in [2.45, 2.75) is 26.3 Å². The van der Waals surface area contributed by atoms with E-state index in [2.05, 4.69) is 5.32 Å². The van der Waals surface area contributed by atoms with Crippen molar-refractivity contribution in [3.8, 4) is 0 Å². The lowest BCUT2D eigenvalue weighted by Gasteiger charge is -2.21. The lowest BCUT2D eigenvalue weighted by molar-refractivity contribution is 0.0755. The van der Waals surface area contributed by atoms with Gasteiger partial charge in [0.2, 0.25) is 0 Å². The number of nitrogens with one attached hydrogen (secondary N) is 1. The smallest absolute Gasteiger partial charge is 0.253 e. The molecular formula is C13H18N2O. The minimum Gasteiger partial charge on any atom is -0.384 e. The van der Waals surface area contributed by atoms with Gasteiger partial charge in [0.05, 0.1) is 0 Å². The van der Waals surface area contributed by atoms with Crippen LogP contribution in [0.5, 0.6) is 0 Å². The first-order valence-electron chi connectivity index (χ1n) is 5.73. The lowest BCUT2D eigenvalue weighted by Crippen LogP contribution is -2.32. The summed E-state index contributed by atoms with van der Waals surface area (Å²) in [6.07, 6.45) is 1.02. The molecule has 1 N–H and O–H groups in total. The molecule has 0 aromatic heterocycles. The molecule has 3 heteroatoms. The highest BCUT2D eigenvalue weighted by molar-refractivity contribution is 5.95. The second-order valence-corrected chi connectivity index (χ2v) is 4.56. The molecule has 0 saturated heterocycles. The maximum absolute atomic E-state index is 12.1. The molecule has 1 aromatic carbocycles. The number of rotatable bonds is 2. The van der Waals surface area contributed by atoms with Crippen LogP contribution in [-0.2, 0) is 6.42 Å². The van der Waals surface area contributed by atoms with Crippen LogP contribution in [0.25, 0.3) is 0 Å². The topological polar surface area (TPSA) is 32.3 Å². The number of carbonyl (C=O) groups is 1. The van der Waals surface area contributed by atoms with E-state index in [-0.39, 0.29) is 11.9 Å². The van der Waals surface area contributed by atoms with Crippen molar-refractivity contribution >= 4 is 11.6 Å². The van der Waals surface area contributed by atoms with E-state index in [1.54, 1.807) is 4.90 Å². The molecule has 1 heterocycles. The average Bonchev–Trinajstić information content (AvgIpc) is 2.73. The number of anilines is 1. The monoisotopic (exact) mass is 218 g/mol. The van der Waals surface area contributed by atoms with Gasteiger partial charge in [0.15, 0.2) is 0 Å². The second kappa shape index (κ2) is 4.16. The zero-order valence-corrected chi connectivity index (χ0v) is 10.1. The van der Waals surface area contributed by atoms with E-state index in [9.17, 15) is 4.79 Å². The van der Waals surface area contributed by atoms with Crippen molar-refractivity contribution in [1.82, 2.24) is 4.90 Å². The van der Waals surface area contributed by atoms with Crippen molar-refractivity contribution in [1.29, 1.82) is 0 Å². The first-order valence-corrected chi connectivity index (χ1v) is 5.73. The molecule has 1 aliphatic rings. The molecule has 0 atom stereocenters. The quantitative estimate of drug-likeness (QED) is 0.824. The van der Waals surface area contributed by atoms with E-state index in [1.807, 2.05) is 39.1 Å². The summed E-state index contributed by atoms with van der Waals surface area (Å²) in [5.41, 5.74) is 3.21. The maximum atomic E-state index is 12.1. The molecule has 0 saturated carbocycles. The highest BCUT2D eigenvalue weighted by atomic mass is 16.2. The Morgan fingerprint density at radius 3 is 2.88 bits per heavy atom.